The number of fused-ring (bicyclic) bond motifs is 1. The first-order chi connectivity index (χ1) is 9.78. The summed E-state index contributed by atoms with van der Waals surface area (Å²) >= 11 is 7.90. The lowest BCUT2D eigenvalue weighted by Gasteiger charge is -2.04. The Bertz CT molecular complexity index is 701. The second-order valence-corrected chi connectivity index (χ2v) is 6.14. The lowest BCUT2D eigenvalue weighted by molar-refractivity contribution is 0.716. The molecule has 3 rings (SSSR count). The molecule has 2 aromatic heterocycles. The zero-order chi connectivity index (χ0) is 13.9. The van der Waals surface area contributed by atoms with Gasteiger partial charge in [-0.1, -0.05) is 17.7 Å². The van der Waals surface area contributed by atoms with Gasteiger partial charge < -0.3 is 9.88 Å². The summed E-state index contributed by atoms with van der Waals surface area (Å²) in [5, 5.41) is 9.66. The molecule has 0 atom stereocenters. The third-order valence-corrected chi connectivity index (χ3v) is 4.48. The second-order valence-electron chi connectivity index (χ2n) is 4.92. The van der Waals surface area contributed by atoms with Crippen LogP contribution in [-0.2, 0) is 19.5 Å². The quantitative estimate of drug-likeness (QED) is 0.743. The number of nitrogens with one attached hydrogen (secondary N) is 1. The summed E-state index contributed by atoms with van der Waals surface area (Å²) in [7, 11) is 1.98. The number of rotatable bonds is 5. The topological polar surface area (TPSA) is 17.0 Å². The molecule has 4 heteroatoms. The van der Waals surface area contributed by atoms with Gasteiger partial charge in [0.1, 0.15) is 0 Å². The first-order valence-corrected chi connectivity index (χ1v) is 8.03. The van der Waals surface area contributed by atoms with Crippen molar-refractivity contribution >= 4 is 33.8 Å². The molecule has 0 aliphatic rings. The molecule has 0 spiro atoms. The van der Waals surface area contributed by atoms with Crippen LogP contribution in [0.4, 0.5) is 0 Å². The fraction of sp³-hybridized carbons (Fsp3) is 0.250. The van der Waals surface area contributed by atoms with E-state index in [4.69, 9.17) is 11.6 Å². The van der Waals surface area contributed by atoms with Crippen molar-refractivity contribution in [1.82, 2.24) is 9.88 Å². The Morgan fingerprint density at radius 2 is 2.20 bits per heavy atom. The number of nitrogens with zero attached hydrogens (tertiary/aromatic N) is 1. The molecule has 0 bridgehead atoms. The third kappa shape index (κ3) is 2.75. The number of aromatic nitrogens is 1. The second kappa shape index (κ2) is 6.00. The van der Waals surface area contributed by atoms with E-state index in [-0.39, 0.29) is 0 Å². The van der Waals surface area contributed by atoms with Crippen molar-refractivity contribution in [3.63, 3.8) is 0 Å². The highest BCUT2D eigenvalue weighted by atomic mass is 35.5. The summed E-state index contributed by atoms with van der Waals surface area (Å²) in [6, 6.07) is 8.33. The van der Waals surface area contributed by atoms with E-state index in [1.807, 2.05) is 13.1 Å². The smallest absolute Gasteiger partial charge is 0.0498 e. The number of hydrogen-bond acceptors (Lipinski definition) is 2. The fourth-order valence-electron chi connectivity index (χ4n) is 2.54. The van der Waals surface area contributed by atoms with Crippen LogP contribution in [0.3, 0.4) is 0 Å². The van der Waals surface area contributed by atoms with Crippen LogP contribution in [0.15, 0.2) is 41.2 Å². The molecule has 0 aliphatic heterocycles. The van der Waals surface area contributed by atoms with Crippen LogP contribution >= 0.6 is 22.9 Å². The van der Waals surface area contributed by atoms with Crippen LogP contribution in [0.1, 0.15) is 11.1 Å². The molecule has 0 amide bonds. The Labute approximate surface area is 128 Å². The van der Waals surface area contributed by atoms with Gasteiger partial charge in [-0.3, -0.25) is 0 Å². The Morgan fingerprint density at radius 1 is 1.30 bits per heavy atom. The molecule has 1 N–H and O–H groups in total. The van der Waals surface area contributed by atoms with Crippen LogP contribution in [0.25, 0.3) is 10.9 Å². The van der Waals surface area contributed by atoms with Gasteiger partial charge in [-0.2, -0.15) is 11.3 Å². The summed E-state index contributed by atoms with van der Waals surface area (Å²) in [5.41, 5.74) is 3.94. The number of aryl methyl sites for hydroxylation is 2. The van der Waals surface area contributed by atoms with E-state index in [2.05, 4.69) is 45.0 Å². The molecule has 20 heavy (non-hydrogen) atoms. The van der Waals surface area contributed by atoms with Crippen molar-refractivity contribution in [2.75, 3.05) is 7.05 Å². The van der Waals surface area contributed by atoms with E-state index in [9.17, 15) is 0 Å². The zero-order valence-electron chi connectivity index (χ0n) is 11.4. The van der Waals surface area contributed by atoms with Crippen molar-refractivity contribution in [2.24, 2.45) is 0 Å². The zero-order valence-corrected chi connectivity index (χ0v) is 13.0. The summed E-state index contributed by atoms with van der Waals surface area (Å²) in [4.78, 5) is 0. The Morgan fingerprint density at radius 3 is 2.95 bits per heavy atom. The summed E-state index contributed by atoms with van der Waals surface area (Å²) in [5.74, 6) is 0. The van der Waals surface area contributed by atoms with Gasteiger partial charge in [-0.25, -0.2) is 0 Å². The minimum atomic E-state index is 0.795. The number of hydrogen-bond donors (Lipinski definition) is 1. The summed E-state index contributed by atoms with van der Waals surface area (Å²) in [6.45, 7) is 1.86. The minimum Gasteiger partial charge on any atom is -0.347 e. The van der Waals surface area contributed by atoms with Crippen molar-refractivity contribution < 1.29 is 0 Å². The van der Waals surface area contributed by atoms with Gasteiger partial charge in [0, 0.05) is 35.2 Å². The molecule has 104 valence electrons. The van der Waals surface area contributed by atoms with Gasteiger partial charge in [0.05, 0.1) is 0 Å². The predicted octanol–water partition coefficient (Wildman–Crippen LogP) is 4.32. The van der Waals surface area contributed by atoms with E-state index in [0.29, 0.717) is 0 Å². The molecular formula is C16H17ClN2S. The average molecular weight is 305 g/mol. The average Bonchev–Trinajstić information content (AvgIpc) is 3.05. The summed E-state index contributed by atoms with van der Waals surface area (Å²) in [6.07, 6.45) is 3.29. The van der Waals surface area contributed by atoms with Gasteiger partial charge in [0.15, 0.2) is 0 Å². The van der Waals surface area contributed by atoms with E-state index in [0.717, 1.165) is 24.5 Å². The third-order valence-electron chi connectivity index (χ3n) is 3.52. The van der Waals surface area contributed by atoms with Crippen LogP contribution in [0, 0.1) is 0 Å². The van der Waals surface area contributed by atoms with Gasteiger partial charge in [0.25, 0.3) is 0 Å². The SMILES string of the molecule is CNCc1cn(CCc2ccsc2)c2cc(Cl)ccc12. The van der Waals surface area contributed by atoms with Crippen LogP contribution in [0.2, 0.25) is 5.02 Å². The lowest BCUT2D eigenvalue weighted by atomic mass is 10.2. The van der Waals surface area contributed by atoms with Crippen molar-refractivity contribution in [1.29, 1.82) is 0 Å². The van der Waals surface area contributed by atoms with E-state index >= 15 is 0 Å². The molecule has 0 saturated carbocycles. The van der Waals surface area contributed by atoms with Gasteiger partial charge in [0.2, 0.25) is 0 Å². The Balaban J connectivity index is 1.94. The van der Waals surface area contributed by atoms with E-state index < -0.39 is 0 Å². The molecule has 0 fully saturated rings. The Hall–Kier alpha value is -1.29. The highest BCUT2D eigenvalue weighted by Gasteiger charge is 2.08. The van der Waals surface area contributed by atoms with Crippen LogP contribution < -0.4 is 5.32 Å². The van der Waals surface area contributed by atoms with Gasteiger partial charge in [-0.15, -0.1) is 0 Å². The molecule has 1 aromatic carbocycles. The molecule has 0 unspecified atom stereocenters. The first-order valence-electron chi connectivity index (χ1n) is 6.71. The molecular weight excluding hydrogens is 288 g/mol. The van der Waals surface area contributed by atoms with E-state index in [1.54, 1.807) is 11.3 Å². The molecule has 0 aliphatic carbocycles. The van der Waals surface area contributed by atoms with Gasteiger partial charge in [-0.05, 0) is 53.6 Å². The van der Waals surface area contributed by atoms with Gasteiger partial charge >= 0.3 is 0 Å². The van der Waals surface area contributed by atoms with E-state index in [1.165, 1.54) is 22.0 Å². The van der Waals surface area contributed by atoms with Crippen molar-refractivity contribution in [2.45, 2.75) is 19.5 Å². The normalized spacial score (nSPS) is 11.3. The largest absolute Gasteiger partial charge is 0.347 e. The molecule has 3 aromatic rings. The molecule has 0 saturated heterocycles. The number of thiophene rings is 1. The minimum absolute atomic E-state index is 0.795. The maximum Gasteiger partial charge on any atom is 0.0498 e. The fourth-order valence-corrected chi connectivity index (χ4v) is 3.41. The molecule has 2 nitrogen and oxygen atoms in total. The Kier molecular flexibility index (Phi) is 4.10. The molecule has 2 heterocycles. The highest BCUT2D eigenvalue weighted by Crippen LogP contribution is 2.25. The standard InChI is InChI=1S/C16H17ClN2S/c1-18-9-13-10-19(6-4-12-5-7-20-11-12)16-8-14(17)2-3-15(13)16/h2-3,5,7-8,10-11,18H,4,6,9H2,1H3. The van der Waals surface area contributed by atoms with Crippen molar-refractivity contribution in [3.05, 3.63) is 57.4 Å². The number of benzene rings is 1. The lowest BCUT2D eigenvalue weighted by Crippen LogP contribution is -2.04. The molecule has 0 radical (unpaired) electrons. The van der Waals surface area contributed by atoms with Crippen LogP contribution in [0.5, 0.6) is 0 Å². The number of halogens is 1. The predicted molar refractivity (Wildman–Crippen MR) is 87.7 cm³/mol. The van der Waals surface area contributed by atoms with Crippen molar-refractivity contribution in [3.8, 4) is 0 Å². The highest BCUT2D eigenvalue weighted by molar-refractivity contribution is 7.07. The monoisotopic (exact) mass is 304 g/mol. The van der Waals surface area contributed by atoms with Crippen LogP contribution in [-0.4, -0.2) is 11.6 Å². The maximum atomic E-state index is 6.15. The summed E-state index contributed by atoms with van der Waals surface area (Å²) < 4.78 is 2.31. The first kappa shape index (κ1) is 13.7. The maximum absolute atomic E-state index is 6.15.